The van der Waals surface area contributed by atoms with E-state index >= 15 is 0 Å². The fourth-order valence-corrected chi connectivity index (χ4v) is 2.16. The van der Waals surface area contributed by atoms with Gasteiger partial charge in [-0.25, -0.2) is 4.79 Å². The summed E-state index contributed by atoms with van der Waals surface area (Å²) in [5.74, 6) is -0.499. The Morgan fingerprint density at radius 3 is 2.43 bits per heavy atom. The van der Waals surface area contributed by atoms with E-state index in [9.17, 15) is 20.0 Å². The van der Waals surface area contributed by atoms with Crippen molar-refractivity contribution in [2.45, 2.75) is 13.0 Å². The largest absolute Gasteiger partial charge is 0.497 e. The summed E-state index contributed by atoms with van der Waals surface area (Å²) in [5.41, 5.74) is 0.858. The van der Waals surface area contributed by atoms with Gasteiger partial charge < -0.3 is 15.2 Å². The number of carbonyl (C=O) groups is 1. The zero-order chi connectivity index (χ0) is 17.0. The molecule has 0 radical (unpaired) electrons. The van der Waals surface area contributed by atoms with Crippen molar-refractivity contribution in [1.82, 2.24) is 0 Å². The lowest BCUT2D eigenvalue weighted by molar-refractivity contribution is -0.384. The number of aromatic carboxylic acids is 1. The molecule has 0 saturated carbocycles. The molecule has 0 saturated heterocycles. The standard InChI is InChI=1S/C16H16N2O5/c1-10(11-3-6-13(23-2)7-4-11)17-15-8-5-12(18(21)22)9-14(15)16(19)20/h3-10,17H,1-2H3,(H,19,20). The highest BCUT2D eigenvalue weighted by molar-refractivity contribution is 5.95. The van der Waals surface area contributed by atoms with Crippen LogP contribution in [0.2, 0.25) is 0 Å². The first-order valence-corrected chi connectivity index (χ1v) is 6.84. The Hall–Kier alpha value is -3.09. The number of carboxylic acids is 1. The molecule has 7 heteroatoms. The average Bonchev–Trinajstić information content (AvgIpc) is 2.54. The van der Waals surface area contributed by atoms with E-state index in [4.69, 9.17) is 4.74 Å². The third-order valence-corrected chi connectivity index (χ3v) is 3.43. The summed E-state index contributed by atoms with van der Waals surface area (Å²) in [4.78, 5) is 21.5. The molecular formula is C16H16N2O5. The summed E-state index contributed by atoms with van der Waals surface area (Å²) in [5, 5.41) is 23.1. The van der Waals surface area contributed by atoms with Crippen LogP contribution in [0.4, 0.5) is 11.4 Å². The van der Waals surface area contributed by atoms with Crippen LogP contribution in [0, 0.1) is 10.1 Å². The second kappa shape index (κ2) is 6.78. The Balaban J connectivity index is 2.27. The van der Waals surface area contributed by atoms with Crippen LogP contribution in [0.15, 0.2) is 42.5 Å². The molecule has 0 aromatic heterocycles. The fourth-order valence-electron chi connectivity index (χ4n) is 2.16. The predicted octanol–water partition coefficient (Wildman–Crippen LogP) is 3.47. The van der Waals surface area contributed by atoms with Crippen molar-refractivity contribution in [2.75, 3.05) is 12.4 Å². The number of methoxy groups -OCH3 is 1. The smallest absolute Gasteiger partial charge is 0.338 e. The Bertz CT molecular complexity index is 728. The van der Waals surface area contributed by atoms with Crippen molar-refractivity contribution in [3.8, 4) is 5.75 Å². The minimum absolute atomic E-state index is 0.139. The zero-order valence-electron chi connectivity index (χ0n) is 12.6. The first-order chi connectivity index (χ1) is 10.9. The molecule has 23 heavy (non-hydrogen) atoms. The Morgan fingerprint density at radius 2 is 1.91 bits per heavy atom. The van der Waals surface area contributed by atoms with E-state index in [2.05, 4.69) is 5.32 Å². The normalized spacial score (nSPS) is 11.6. The maximum atomic E-state index is 11.3. The molecule has 0 aliphatic rings. The van der Waals surface area contributed by atoms with Gasteiger partial charge >= 0.3 is 5.97 Å². The third kappa shape index (κ3) is 3.76. The van der Waals surface area contributed by atoms with Gasteiger partial charge in [-0.2, -0.15) is 0 Å². The topological polar surface area (TPSA) is 102 Å². The van der Waals surface area contributed by atoms with Gasteiger partial charge in [0.1, 0.15) is 5.75 Å². The number of hydrogen-bond acceptors (Lipinski definition) is 5. The zero-order valence-corrected chi connectivity index (χ0v) is 12.6. The maximum Gasteiger partial charge on any atom is 0.338 e. The van der Waals surface area contributed by atoms with Crippen LogP contribution in [0.25, 0.3) is 0 Å². The van der Waals surface area contributed by atoms with Crippen LogP contribution >= 0.6 is 0 Å². The van der Waals surface area contributed by atoms with E-state index in [1.165, 1.54) is 12.1 Å². The van der Waals surface area contributed by atoms with Crippen molar-refractivity contribution in [3.63, 3.8) is 0 Å². The van der Waals surface area contributed by atoms with Crippen molar-refractivity contribution in [1.29, 1.82) is 0 Å². The van der Waals surface area contributed by atoms with Gasteiger partial charge in [0.05, 0.1) is 17.6 Å². The number of nitro groups is 1. The lowest BCUT2D eigenvalue weighted by atomic mass is 10.1. The first kappa shape index (κ1) is 16.3. The van der Waals surface area contributed by atoms with Gasteiger partial charge in [-0.1, -0.05) is 12.1 Å². The van der Waals surface area contributed by atoms with Crippen LogP contribution < -0.4 is 10.1 Å². The molecule has 0 bridgehead atoms. The molecule has 7 nitrogen and oxygen atoms in total. The second-order valence-corrected chi connectivity index (χ2v) is 4.93. The molecule has 0 heterocycles. The minimum Gasteiger partial charge on any atom is -0.497 e. The van der Waals surface area contributed by atoms with Crippen LogP contribution in [0.3, 0.4) is 0 Å². The number of ether oxygens (including phenoxy) is 1. The van der Waals surface area contributed by atoms with E-state index in [0.29, 0.717) is 5.69 Å². The summed E-state index contributed by atoms with van der Waals surface area (Å²) in [7, 11) is 1.58. The molecule has 2 N–H and O–H groups in total. The summed E-state index contributed by atoms with van der Waals surface area (Å²) < 4.78 is 5.09. The molecule has 2 rings (SSSR count). The monoisotopic (exact) mass is 316 g/mol. The molecule has 2 aromatic rings. The Kier molecular flexibility index (Phi) is 4.80. The van der Waals surface area contributed by atoms with Gasteiger partial charge in [0.25, 0.3) is 5.69 Å². The quantitative estimate of drug-likeness (QED) is 0.625. The Labute approximate surface area is 132 Å². The number of non-ortho nitro benzene ring substituents is 1. The molecule has 0 aliphatic carbocycles. The van der Waals surface area contributed by atoms with Crippen LogP contribution in [0.5, 0.6) is 5.75 Å². The summed E-state index contributed by atoms with van der Waals surface area (Å²) in [6.07, 6.45) is 0. The molecule has 120 valence electrons. The van der Waals surface area contributed by atoms with Crippen molar-refractivity contribution < 1.29 is 19.6 Å². The van der Waals surface area contributed by atoms with Crippen LogP contribution in [-0.2, 0) is 0 Å². The molecule has 0 aliphatic heterocycles. The number of carboxylic acid groups (broad SMARTS) is 1. The van der Waals surface area contributed by atoms with Gasteiger partial charge in [0, 0.05) is 23.9 Å². The fraction of sp³-hybridized carbons (Fsp3) is 0.188. The van der Waals surface area contributed by atoms with E-state index in [-0.39, 0.29) is 17.3 Å². The lowest BCUT2D eigenvalue weighted by Crippen LogP contribution is -2.11. The van der Waals surface area contributed by atoms with Gasteiger partial charge in [0.15, 0.2) is 0 Å². The van der Waals surface area contributed by atoms with Crippen molar-refractivity contribution in [2.24, 2.45) is 0 Å². The van der Waals surface area contributed by atoms with E-state index in [0.717, 1.165) is 17.4 Å². The number of nitrogens with zero attached hydrogens (tertiary/aromatic N) is 1. The lowest BCUT2D eigenvalue weighted by Gasteiger charge is -2.17. The summed E-state index contributed by atoms with van der Waals surface area (Å²) >= 11 is 0. The van der Waals surface area contributed by atoms with Gasteiger partial charge in [-0.3, -0.25) is 10.1 Å². The van der Waals surface area contributed by atoms with Crippen molar-refractivity contribution >= 4 is 17.3 Å². The van der Waals surface area contributed by atoms with E-state index < -0.39 is 10.9 Å². The predicted molar refractivity (Wildman–Crippen MR) is 85.1 cm³/mol. The maximum absolute atomic E-state index is 11.3. The summed E-state index contributed by atoms with van der Waals surface area (Å²) in [6, 6.07) is 10.9. The highest BCUT2D eigenvalue weighted by Gasteiger charge is 2.17. The molecule has 0 spiro atoms. The average molecular weight is 316 g/mol. The SMILES string of the molecule is COc1ccc(C(C)Nc2ccc([N+](=O)[O-])cc2C(=O)O)cc1. The third-order valence-electron chi connectivity index (χ3n) is 3.43. The molecule has 0 fully saturated rings. The van der Waals surface area contributed by atoms with E-state index in [1.54, 1.807) is 7.11 Å². The molecule has 0 amide bonds. The van der Waals surface area contributed by atoms with Crippen LogP contribution in [-0.4, -0.2) is 23.1 Å². The molecule has 1 unspecified atom stereocenters. The number of hydrogen-bond donors (Lipinski definition) is 2. The first-order valence-electron chi connectivity index (χ1n) is 6.84. The summed E-state index contributed by atoms with van der Waals surface area (Å²) in [6.45, 7) is 1.87. The highest BCUT2D eigenvalue weighted by atomic mass is 16.6. The van der Waals surface area contributed by atoms with Gasteiger partial charge in [-0.15, -0.1) is 0 Å². The van der Waals surface area contributed by atoms with Crippen molar-refractivity contribution in [3.05, 3.63) is 63.7 Å². The van der Waals surface area contributed by atoms with Crippen LogP contribution in [0.1, 0.15) is 28.9 Å². The van der Waals surface area contributed by atoms with Gasteiger partial charge in [-0.05, 0) is 30.7 Å². The highest BCUT2D eigenvalue weighted by Crippen LogP contribution is 2.27. The minimum atomic E-state index is -1.22. The number of anilines is 1. The van der Waals surface area contributed by atoms with E-state index in [1.807, 2.05) is 31.2 Å². The Morgan fingerprint density at radius 1 is 1.26 bits per heavy atom. The number of nitrogens with one attached hydrogen (secondary N) is 1. The number of nitro benzene ring substituents is 1. The number of benzene rings is 2. The van der Waals surface area contributed by atoms with Gasteiger partial charge in [0.2, 0.25) is 0 Å². The second-order valence-electron chi connectivity index (χ2n) is 4.93. The molecular weight excluding hydrogens is 300 g/mol. The molecule has 2 aromatic carbocycles. The molecule has 1 atom stereocenters. The number of rotatable bonds is 6.